The quantitative estimate of drug-likeness (QED) is 0.258. The van der Waals surface area contributed by atoms with Gasteiger partial charge < -0.3 is 29.7 Å². The molecule has 3 N–H and O–H groups in total. The number of rotatable bonds is 8. The van der Waals surface area contributed by atoms with Crippen LogP contribution in [0, 0.1) is 17.3 Å². The average Bonchev–Trinajstić information content (AvgIpc) is 4.12. The monoisotopic (exact) mass is 813 g/mol. The number of allylic oxidation sites excluding steroid dienone is 1. The summed E-state index contributed by atoms with van der Waals surface area (Å²) in [6.45, 7) is 11.2. The van der Waals surface area contributed by atoms with E-state index in [0.29, 0.717) is 47.4 Å². The molecule has 0 radical (unpaired) electrons. The van der Waals surface area contributed by atoms with Gasteiger partial charge in [-0.05, 0) is 43.1 Å². The first-order valence-corrected chi connectivity index (χ1v) is 21.2. The maximum absolute atomic E-state index is 14.7. The van der Waals surface area contributed by atoms with Crippen molar-refractivity contribution in [2.45, 2.75) is 88.8 Å². The molecule has 3 fully saturated rings. The molecular formula is C43H51N5O9S. The highest BCUT2D eigenvalue weighted by atomic mass is 32.2. The van der Waals surface area contributed by atoms with E-state index in [1.807, 2.05) is 67.6 Å². The number of carbonyl (C=O) groups excluding carboxylic acids is 4. The van der Waals surface area contributed by atoms with E-state index in [9.17, 15) is 27.6 Å². The highest BCUT2D eigenvalue weighted by Crippen LogP contribution is 2.46. The molecule has 2 aliphatic heterocycles. The zero-order valence-electron chi connectivity index (χ0n) is 33.4. The summed E-state index contributed by atoms with van der Waals surface area (Å²) in [5.41, 5.74) is 0.463. The van der Waals surface area contributed by atoms with E-state index in [-0.39, 0.29) is 31.9 Å². The van der Waals surface area contributed by atoms with Crippen molar-refractivity contribution in [1.29, 1.82) is 0 Å². The van der Waals surface area contributed by atoms with Crippen LogP contribution in [-0.4, -0.2) is 91.4 Å². The molecule has 2 saturated carbocycles. The summed E-state index contributed by atoms with van der Waals surface area (Å²) in [4.78, 5) is 62.5. The number of alkyl carbamates (subject to hydrolysis) is 1. The van der Waals surface area contributed by atoms with Crippen molar-refractivity contribution in [3.05, 3.63) is 72.8 Å². The van der Waals surface area contributed by atoms with E-state index >= 15 is 0 Å². The second-order valence-electron chi connectivity index (χ2n) is 16.9. The van der Waals surface area contributed by atoms with E-state index in [1.165, 1.54) is 11.0 Å². The maximum Gasteiger partial charge on any atom is 0.407 e. The standard InChI is InChI=1S/C43H51N5O9S/c1-7-28-22-43(28,40(51)47-58(53,54)30-16-17-30)46-38(49)34-19-29-23-48(34)39(50)37(42(3,4)5)45-41(52)56-24-25(2)12-11-15-27-18-31-33(21-35(27)55-6)44-32(20-36(31)57-29)26-13-9-8-10-14-26/h7-11,13-15,18,20-21,25,28-30,34,37H,1,12,16-17,19,22-24H2,2-6H3,(H,45,52)(H,46,49)(H,47,51)/t25?,28-,29-,34+,37-,43-/m1/s1. The fourth-order valence-corrected chi connectivity index (χ4v) is 9.03. The number of pyridine rings is 1. The topological polar surface area (TPSA) is 182 Å². The van der Waals surface area contributed by atoms with Crippen LogP contribution in [0.2, 0.25) is 0 Å². The Hall–Kier alpha value is -5.44. The van der Waals surface area contributed by atoms with Gasteiger partial charge in [0.05, 0.1) is 36.7 Å². The van der Waals surface area contributed by atoms with E-state index in [0.717, 1.165) is 11.1 Å². The molecule has 3 heterocycles. The average molecular weight is 814 g/mol. The van der Waals surface area contributed by atoms with Gasteiger partial charge in [-0.25, -0.2) is 18.2 Å². The molecule has 2 aromatic carbocycles. The van der Waals surface area contributed by atoms with Gasteiger partial charge in [-0.3, -0.25) is 19.1 Å². The van der Waals surface area contributed by atoms with Crippen LogP contribution in [-0.2, 0) is 29.1 Å². The largest absolute Gasteiger partial charge is 0.496 e. The van der Waals surface area contributed by atoms with Crippen molar-refractivity contribution < 1.29 is 41.8 Å². The number of fused-ring (bicyclic) bond motifs is 3. The number of sulfonamides is 1. The number of aromatic nitrogens is 1. The van der Waals surface area contributed by atoms with Crippen molar-refractivity contribution in [2.24, 2.45) is 17.3 Å². The summed E-state index contributed by atoms with van der Waals surface area (Å²) in [7, 11) is -2.33. The van der Waals surface area contributed by atoms with E-state index in [2.05, 4.69) is 21.9 Å². The van der Waals surface area contributed by atoms with E-state index < -0.39 is 74.1 Å². The highest BCUT2D eigenvalue weighted by molar-refractivity contribution is 7.91. The lowest BCUT2D eigenvalue weighted by atomic mass is 9.85. The molecular weight excluding hydrogens is 763 g/mol. The smallest absolute Gasteiger partial charge is 0.407 e. The van der Waals surface area contributed by atoms with Crippen LogP contribution >= 0.6 is 0 Å². The first-order valence-electron chi connectivity index (χ1n) is 19.7. The normalized spacial score (nSPS) is 26.4. The van der Waals surface area contributed by atoms with Crippen molar-refractivity contribution >= 4 is 50.8 Å². The number of amides is 4. The van der Waals surface area contributed by atoms with Crippen LogP contribution in [0.25, 0.3) is 28.2 Å². The van der Waals surface area contributed by atoms with Gasteiger partial charge in [0, 0.05) is 41.0 Å². The summed E-state index contributed by atoms with van der Waals surface area (Å²) >= 11 is 0. The SMILES string of the molecule is C=C[C@@H]1C[C@]1(NC(=O)[C@@H]1C[C@@H]2CN1C(=O)[C@H](C(C)(C)C)NC(=O)OCC(C)CC=Cc1cc3c(cc(-c4ccccc4)nc3cc1OC)O2)C(=O)NS(=O)(=O)C1CC1. The molecule has 2 aliphatic carbocycles. The molecule has 1 saturated heterocycles. The third-order valence-electron chi connectivity index (χ3n) is 11.3. The number of methoxy groups -OCH3 is 1. The summed E-state index contributed by atoms with van der Waals surface area (Å²) in [6, 6.07) is 12.9. The minimum absolute atomic E-state index is 0.0145. The number of benzene rings is 2. The Morgan fingerprint density at radius 3 is 2.52 bits per heavy atom. The van der Waals surface area contributed by atoms with Crippen LogP contribution in [0.4, 0.5) is 4.79 Å². The molecule has 4 amide bonds. The van der Waals surface area contributed by atoms with Crippen LogP contribution in [0.1, 0.15) is 65.4 Å². The lowest BCUT2D eigenvalue weighted by Crippen LogP contribution is -2.60. The number of hydrogen-bond acceptors (Lipinski definition) is 10. The summed E-state index contributed by atoms with van der Waals surface area (Å²) in [6.07, 6.45) is 5.55. The zero-order chi connectivity index (χ0) is 41.6. The number of hydrogen-bond donors (Lipinski definition) is 3. The van der Waals surface area contributed by atoms with E-state index in [4.69, 9.17) is 19.2 Å². The summed E-state index contributed by atoms with van der Waals surface area (Å²) in [5.74, 6) is -1.60. The number of carbonyl (C=O) groups is 4. The molecule has 15 heteroatoms. The Bertz CT molecular complexity index is 2270. The lowest BCUT2D eigenvalue weighted by Gasteiger charge is -2.35. The van der Waals surface area contributed by atoms with Crippen LogP contribution in [0.3, 0.4) is 0 Å². The van der Waals surface area contributed by atoms with Crippen LogP contribution in [0.15, 0.2) is 67.3 Å². The molecule has 4 bridgehead atoms. The Morgan fingerprint density at radius 2 is 1.86 bits per heavy atom. The molecule has 7 rings (SSSR count). The Morgan fingerprint density at radius 1 is 1.12 bits per heavy atom. The third-order valence-corrected chi connectivity index (χ3v) is 13.1. The van der Waals surface area contributed by atoms with Gasteiger partial charge in [0.2, 0.25) is 21.8 Å². The van der Waals surface area contributed by atoms with Gasteiger partial charge in [0.1, 0.15) is 35.2 Å². The van der Waals surface area contributed by atoms with Crippen LogP contribution in [0.5, 0.6) is 11.5 Å². The fourth-order valence-electron chi connectivity index (χ4n) is 7.66. The summed E-state index contributed by atoms with van der Waals surface area (Å²) < 4.78 is 46.0. The molecule has 0 spiro atoms. The predicted octanol–water partition coefficient (Wildman–Crippen LogP) is 5.12. The number of cyclic esters (lactones) is 1. The second-order valence-corrected chi connectivity index (χ2v) is 18.9. The summed E-state index contributed by atoms with van der Waals surface area (Å²) in [5, 5.41) is 5.62. The molecule has 1 aromatic heterocycles. The zero-order valence-corrected chi connectivity index (χ0v) is 34.3. The number of nitrogens with zero attached hydrogens (tertiary/aromatic N) is 2. The Kier molecular flexibility index (Phi) is 11.0. The maximum atomic E-state index is 14.7. The molecule has 4 aliphatic rings. The van der Waals surface area contributed by atoms with Crippen LogP contribution < -0.4 is 24.8 Å². The number of nitrogens with one attached hydrogen (secondary N) is 3. The molecule has 308 valence electrons. The van der Waals surface area contributed by atoms with Gasteiger partial charge in [-0.15, -0.1) is 6.58 Å². The van der Waals surface area contributed by atoms with Gasteiger partial charge in [0.15, 0.2) is 0 Å². The van der Waals surface area contributed by atoms with Crippen molar-refractivity contribution in [1.82, 2.24) is 25.2 Å². The Balaban J connectivity index is 1.30. The number of ether oxygens (including phenoxy) is 3. The van der Waals surface area contributed by atoms with Gasteiger partial charge >= 0.3 is 6.09 Å². The first-order chi connectivity index (χ1) is 27.5. The fraction of sp³-hybridized carbons (Fsp3) is 0.465. The van der Waals surface area contributed by atoms with Crippen molar-refractivity contribution in [3.63, 3.8) is 0 Å². The van der Waals surface area contributed by atoms with Crippen molar-refractivity contribution in [2.75, 3.05) is 20.3 Å². The van der Waals surface area contributed by atoms with Gasteiger partial charge in [-0.2, -0.15) is 0 Å². The minimum Gasteiger partial charge on any atom is -0.496 e. The first kappa shape index (κ1) is 40.7. The lowest BCUT2D eigenvalue weighted by molar-refractivity contribution is -0.142. The third kappa shape index (κ3) is 8.40. The molecule has 6 atom stereocenters. The predicted molar refractivity (Wildman–Crippen MR) is 218 cm³/mol. The Labute approximate surface area is 338 Å². The second kappa shape index (κ2) is 15.7. The highest BCUT2D eigenvalue weighted by Gasteiger charge is 2.62. The van der Waals surface area contributed by atoms with Gasteiger partial charge in [-0.1, -0.05) is 76.3 Å². The van der Waals surface area contributed by atoms with Crippen molar-refractivity contribution in [3.8, 4) is 22.8 Å². The molecule has 58 heavy (non-hydrogen) atoms. The minimum atomic E-state index is -3.92. The van der Waals surface area contributed by atoms with Gasteiger partial charge in [0.25, 0.3) is 5.91 Å². The van der Waals surface area contributed by atoms with E-state index in [1.54, 1.807) is 27.9 Å². The molecule has 3 aromatic rings. The molecule has 14 nitrogen and oxygen atoms in total. The molecule has 1 unspecified atom stereocenters.